The van der Waals surface area contributed by atoms with Crippen molar-refractivity contribution < 1.29 is 4.74 Å². The van der Waals surface area contributed by atoms with Crippen LogP contribution in [0.3, 0.4) is 0 Å². The Labute approximate surface area is 99.3 Å². The molecule has 1 N–H and O–H groups in total. The molecule has 2 rings (SSSR count). The van der Waals surface area contributed by atoms with Gasteiger partial charge in [0.25, 0.3) is 0 Å². The van der Waals surface area contributed by atoms with Gasteiger partial charge in [-0.2, -0.15) is 11.8 Å². The van der Waals surface area contributed by atoms with Gasteiger partial charge >= 0.3 is 0 Å². The summed E-state index contributed by atoms with van der Waals surface area (Å²) in [6.07, 6.45) is 1.23. The highest BCUT2D eigenvalue weighted by atomic mass is 35.5. The van der Waals surface area contributed by atoms with Gasteiger partial charge in [0, 0.05) is 23.5 Å². The highest BCUT2D eigenvalue weighted by Gasteiger charge is 2.15. The smallest absolute Gasteiger partial charge is 0.139 e. The van der Waals surface area contributed by atoms with Gasteiger partial charge in [-0.15, -0.1) is 0 Å². The van der Waals surface area contributed by atoms with Gasteiger partial charge in [0.05, 0.1) is 12.1 Å². The number of thioether (sulfide) groups is 1. The van der Waals surface area contributed by atoms with Crippen molar-refractivity contribution in [1.29, 1.82) is 0 Å². The molecule has 2 nitrogen and oxygen atoms in total. The number of rotatable bonds is 3. The number of hydrogen-bond donors (Lipinski definition) is 1. The van der Waals surface area contributed by atoms with Crippen LogP contribution in [0.2, 0.25) is 5.02 Å². The molecule has 0 aromatic heterocycles. The van der Waals surface area contributed by atoms with Crippen LogP contribution in [-0.4, -0.2) is 24.7 Å². The van der Waals surface area contributed by atoms with Crippen LogP contribution in [0.25, 0.3) is 0 Å². The molecule has 1 aliphatic rings. The Kier molecular flexibility index (Phi) is 3.65. The van der Waals surface area contributed by atoms with E-state index in [1.807, 2.05) is 30.0 Å². The second-order valence-corrected chi connectivity index (χ2v) is 5.11. The maximum atomic E-state index is 5.96. The van der Waals surface area contributed by atoms with Crippen LogP contribution in [0.4, 0.5) is 5.69 Å². The minimum atomic E-state index is 0.584. The zero-order valence-corrected chi connectivity index (χ0v) is 10.2. The number of halogens is 1. The quantitative estimate of drug-likeness (QED) is 0.881. The first-order valence-corrected chi connectivity index (χ1v) is 6.50. The molecular formula is C11H14ClNOS. The van der Waals surface area contributed by atoms with Crippen LogP contribution in [0.1, 0.15) is 6.42 Å². The maximum absolute atomic E-state index is 5.96. The van der Waals surface area contributed by atoms with E-state index in [9.17, 15) is 0 Å². The number of benzene rings is 1. The van der Waals surface area contributed by atoms with E-state index in [1.165, 1.54) is 17.9 Å². The molecular weight excluding hydrogens is 230 g/mol. The lowest BCUT2D eigenvalue weighted by molar-refractivity contribution is 0.415. The molecule has 0 saturated carbocycles. The zero-order valence-electron chi connectivity index (χ0n) is 8.63. The minimum Gasteiger partial charge on any atom is -0.495 e. The first kappa shape index (κ1) is 11.0. The highest BCUT2D eigenvalue weighted by molar-refractivity contribution is 7.99. The number of hydrogen-bond acceptors (Lipinski definition) is 3. The monoisotopic (exact) mass is 243 g/mol. The molecule has 4 heteroatoms. The fraction of sp³-hybridized carbons (Fsp3) is 0.455. The van der Waals surface area contributed by atoms with E-state index >= 15 is 0 Å². The molecule has 0 amide bonds. The highest BCUT2D eigenvalue weighted by Crippen LogP contribution is 2.29. The topological polar surface area (TPSA) is 21.3 Å². The van der Waals surface area contributed by atoms with Crippen LogP contribution in [0.5, 0.6) is 5.75 Å². The summed E-state index contributed by atoms with van der Waals surface area (Å²) in [7, 11) is 1.64. The summed E-state index contributed by atoms with van der Waals surface area (Å²) in [5, 5.41) is 4.14. The second-order valence-electron chi connectivity index (χ2n) is 3.55. The molecule has 1 aromatic rings. The molecule has 15 heavy (non-hydrogen) atoms. The predicted molar refractivity (Wildman–Crippen MR) is 67.4 cm³/mol. The van der Waals surface area contributed by atoms with Crippen molar-refractivity contribution in [3.05, 3.63) is 23.2 Å². The molecule has 1 fully saturated rings. The molecule has 1 aromatic carbocycles. The van der Waals surface area contributed by atoms with E-state index in [2.05, 4.69) is 5.32 Å². The summed E-state index contributed by atoms with van der Waals surface area (Å²) in [5.41, 5.74) is 1.09. The molecule has 0 radical (unpaired) electrons. The van der Waals surface area contributed by atoms with Gasteiger partial charge in [-0.3, -0.25) is 0 Å². The average Bonchev–Trinajstić information content (AvgIpc) is 2.73. The summed E-state index contributed by atoms with van der Waals surface area (Å²) < 4.78 is 5.17. The normalized spacial score (nSPS) is 20.3. The van der Waals surface area contributed by atoms with Crippen molar-refractivity contribution in [3.8, 4) is 5.75 Å². The lowest BCUT2D eigenvalue weighted by atomic mass is 10.2. The van der Waals surface area contributed by atoms with Crippen molar-refractivity contribution in [3.63, 3.8) is 0 Å². The Morgan fingerprint density at radius 2 is 2.40 bits per heavy atom. The Hall–Kier alpha value is -0.540. The number of ether oxygens (including phenoxy) is 1. The number of nitrogens with one attached hydrogen (secondary N) is 1. The molecule has 1 saturated heterocycles. The fourth-order valence-corrected chi connectivity index (χ4v) is 2.98. The van der Waals surface area contributed by atoms with E-state index in [-0.39, 0.29) is 0 Å². The van der Waals surface area contributed by atoms with Crippen molar-refractivity contribution in [2.75, 3.05) is 23.9 Å². The molecule has 1 atom stereocenters. The largest absolute Gasteiger partial charge is 0.495 e. The van der Waals surface area contributed by atoms with Gasteiger partial charge in [-0.25, -0.2) is 0 Å². The Morgan fingerprint density at radius 3 is 3.07 bits per heavy atom. The van der Waals surface area contributed by atoms with Crippen LogP contribution < -0.4 is 10.1 Å². The third kappa shape index (κ3) is 2.73. The van der Waals surface area contributed by atoms with E-state index in [0.717, 1.165) is 11.4 Å². The van der Waals surface area contributed by atoms with E-state index in [1.54, 1.807) is 7.11 Å². The summed E-state index contributed by atoms with van der Waals surface area (Å²) in [5.74, 6) is 3.17. The summed E-state index contributed by atoms with van der Waals surface area (Å²) >= 11 is 7.95. The summed E-state index contributed by atoms with van der Waals surface area (Å²) in [6.45, 7) is 0. The van der Waals surface area contributed by atoms with Gasteiger partial charge < -0.3 is 10.1 Å². The van der Waals surface area contributed by atoms with Gasteiger partial charge in [-0.1, -0.05) is 11.6 Å². The second kappa shape index (κ2) is 4.99. The van der Waals surface area contributed by atoms with E-state index < -0.39 is 0 Å². The molecule has 82 valence electrons. The predicted octanol–water partition coefficient (Wildman–Crippen LogP) is 3.27. The zero-order chi connectivity index (χ0) is 10.7. The van der Waals surface area contributed by atoms with Crippen LogP contribution in [0.15, 0.2) is 18.2 Å². The van der Waals surface area contributed by atoms with Crippen molar-refractivity contribution in [1.82, 2.24) is 0 Å². The van der Waals surface area contributed by atoms with Crippen molar-refractivity contribution in [2.24, 2.45) is 0 Å². The summed E-state index contributed by atoms with van der Waals surface area (Å²) in [6, 6.07) is 6.39. The molecule has 0 spiro atoms. The Morgan fingerprint density at radius 1 is 1.53 bits per heavy atom. The van der Waals surface area contributed by atoms with Gasteiger partial charge in [0.2, 0.25) is 0 Å². The first-order valence-electron chi connectivity index (χ1n) is 4.97. The van der Waals surface area contributed by atoms with Crippen LogP contribution in [0, 0.1) is 0 Å². The van der Waals surface area contributed by atoms with Crippen molar-refractivity contribution >= 4 is 29.1 Å². The van der Waals surface area contributed by atoms with E-state index in [0.29, 0.717) is 11.1 Å². The molecule has 0 bridgehead atoms. The van der Waals surface area contributed by atoms with Crippen LogP contribution in [-0.2, 0) is 0 Å². The SMILES string of the molecule is COc1cc(NC2CCSC2)ccc1Cl. The van der Waals surface area contributed by atoms with Crippen LogP contribution >= 0.6 is 23.4 Å². The first-order chi connectivity index (χ1) is 7.29. The summed E-state index contributed by atoms with van der Waals surface area (Å²) in [4.78, 5) is 0. The van der Waals surface area contributed by atoms with E-state index in [4.69, 9.17) is 16.3 Å². The molecule has 1 aliphatic heterocycles. The van der Waals surface area contributed by atoms with Gasteiger partial charge in [0.15, 0.2) is 0 Å². The third-order valence-corrected chi connectivity index (χ3v) is 3.93. The number of anilines is 1. The lowest BCUT2D eigenvalue weighted by Gasteiger charge is -2.14. The standard InChI is InChI=1S/C11H14ClNOS/c1-14-11-6-8(2-3-10(11)12)13-9-4-5-15-7-9/h2-3,6,9,13H,4-5,7H2,1H3. The molecule has 1 unspecified atom stereocenters. The molecule has 1 heterocycles. The molecule has 0 aliphatic carbocycles. The lowest BCUT2D eigenvalue weighted by Crippen LogP contribution is -2.17. The van der Waals surface area contributed by atoms with Gasteiger partial charge in [0.1, 0.15) is 5.75 Å². The Bertz CT molecular complexity index is 339. The Balaban J connectivity index is 2.07. The van der Waals surface area contributed by atoms with Crippen molar-refractivity contribution in [2.45, 2.75) is 12.5 Å². The minimum absolute atomic E-state index is 0.584. The fourth-order valence-electron chi connectivity index (χ4n) is 1.63. The average molecular weight is 244 g/mol. The van der Waals surface area contributed by atoms with Gasteiger partial charge in [-0.05, 0) is 24.3 Å². The number of methoxy groups -OCH3 is 1. The maximum Gasteiger partial charge on any atom is 0.139 e. The third-order valence-electron chi connectivity index (χ3n) is 2.45.